The number of benzene rings is 2. The van der Waals surface area contributed by atoms with Crippen LogP contribution in [0, 0.1) is 11.7 Å². The quantitative estimate of drug-likeness (QED) is 0.593. The molecule has 0 unspecified atom stereocenters. The Morgan fingerprint density at radius 3 is 2.78 bits per heavy atom. The van der Waals surface area contributed by atoms with E-state index >= 15 is 0 Å². The number of hydrogen-bond donors (Lipinski definition) is 1. The molecule has 0 fully saturated rings. The van der Waals surface area contributed by atoms with Crippen molar-refractivity contribution in [3.8, 4) is 5.75 Å². The summed E-state index contributed by atoms with van der Waals surface area (Å²) in [5, 5.41) is 12.7. The van der Waals surface area contributed by atoms with Gasteiger partial charge < -0.3 is 4.74 Å². The lowest BCUT2D eigenvalue weighted by Crippen LogP contribution is -2.22. The summed E-state index contributed by atoms with van der Waals surface area (Å²) in [6.45, 7) is 1.60. The van der Waals surface area contributed by atoms with Gasteiger partial charge in [0.2, 0.25) is 4.77 Å². The lowest BCUT2D eigenvalue weighted by molar-refractivity contribution is 0.415. The molecule has 0 saturated carbocycles. The van der Waals surface area contributed by atoms with Crippen molar-refractivity contribution in [1.29, 1.82) is 0 Å². The molecule has 0 aliphatic carbocycles. The first-order valence-corrected chi connectivity index (χ1v) is 7.30. The Kier molecular flexibility index (Phi) is 4.03. The standard InChI is InChI=1S/C16H14N4O2S/c1-10-15(21)20(16(23)19-18-10)17-9-11-3-4-13-8-14(22-2)6-5-12(13)7-11/h3-9H,1-2H3,(H,19,23)/b17-9-. The van der Waals surface area contributed by atoms with Crippen LogP contribution in [-0.2, 0) is 0 Å². The number of nitrogens with one attached hydrogen (secondary N) is 1. The number of nitrogens with zero attached hydrogens (tertiary/aromatic N) is 3. The number of hydrogen-bond acceptors (Lipinski definition) is 5. The van der Waals surface area contributed by atoms with Crippen molar-refractivity contribution in [3.63, 3.8) is 0 Å². The fourth-order valence-electron chi connectivity index (χ4n) is 2.15. The highest BCUT2D eigenvalue weighted by atomic mass is 32.1. The molecule has 116 valence electrons. The summed E-state index contributed by atoms with van der Waals surface area (Å²) in [5.74, 6) is 0.809. The van der Waals surface area contributed by atoms with Crippen molar-refractivity contribution in [3.05, 3.63) is 62.8 Å². The molecule has 3 rings (SSSR count). The summed E-state index contributed by atoms with van der Waals surface area (Å²) in [7, 11) is 1.64. The Morgan fingerprint density at radius 1 is 1.26 bits per heavy atom. The first kappa shape index (κ1) is 15.1. The zero-order chi connectivity index (χ0) is 16.4. The molecule has 23 heavy (non-hydrogen) atoms. The van der Waals surface area contributed by atoms with Gasteiger partial charge in [-0.05, 0) is 53.7 Å². The van der Waals surface area contributed by atoms with Crippen molar-refractivity contribution in [2.45, 2.75) is 6.92 Å². The average molecular weight is 326 g/mol. The number of ether oxygens (including phenoxy) is 1. The highest BCUT2D eigenvalue weighted by Gasteiger charge is 2.01. The van der Waals surface area contributed by atoms with E-state index in [1.165, 1.54) is 0 Å². The number of rotatable bonds is 3. The third-order valence-electron chi connectivity index (χ3n) is 3.41. The lowest BCUT2D eigenvalue weighted by Gasteiger charge is -2.03. The summed E-state index contributed by atoms with van der Waals surface area (Å²) >= 11 is 5.04. The summed E-state index contributed by atoms with van der Waals surface area (Å²) in [5.41, 5.74) is 0.829. The zero-order valence-electron chi connectivity index (χ0n) is 12.6. The first-order valence-electron chi connectivity index (χ1n) is 6.89. The Morgan fingerprint density at radius 2 is 2.00 bits per heavy atom. The average Bonchev–Trinajstić information content (AvgIpc) is 2.57. The highest BCUT2D eigenvalue weighted by molar-refractivity contribution is 7.71. The molecule has 0 spiro atoms. The monoisotopic (exact) mass is 326 g/mol. The molecule has 0 saturated heterocycles. The molecule has 0 bridgehead atoms. The van der Waals surface area contributed by atoms with Gasteiger partial charge in [-0.15, -0.1) is 0 Å². The maximum atomic E-state index is 12.0. The van der Waals surface area contributed by atoms with Crippen LogP contribution in [0.3, 0.4) is 0 Å². The molecule has 1 heterocycles. The summed E-state index contributed by atoms with van der Waals surface area (Å²) in [6.07, 6.45) is 1.59. The van der Waals surface area contributed by atoms with Gasteiger partial charge in [0.1, 0.15) is 11.4 Å². The number of fused-ring (bicyclic) bond motifs is 1. The molecule has 0 amide bonds. The second-order valence-corrected chi connectivity index (χ2v) is 5.33. The summed E-state index contributed by atoms with van der Waals surface area (Å²) < 4.78 is 6.49. The third-order valence-corrected chi connectivity index (χ3v) is 3.67. The minimum Gasteiger partial charge on any atom is -0.497 e. The van der Waals surface area contributed by atoms with E-state index in [0.717, 1.165) is 26.8 Å². The van der Waals surface area contributed by atoms with Gasteiger partial charge in [0.15, 0.2) is 0 Å². The van der Waals surface area contributed by atoms with Gasteiger partial charge in [0.05, 0.1) is 13.3 Å². The fourth-order valence-corrected chi connectivity index (χ4v) is 2.33. The molecule has 0 aliphatic rings. The Balaban J connectivity index is 2.00. The molecule has 6 nitrogen and oxygen atoms in total. The van der Waals surface area contributed by atoms with E-state index < -0.39 is 0 Å². The Bertz CT molecular complexity index is 1020. The van der Waals surface area contributed by atoms with E-state index in [-0.39, 0.29) is 10.3 Å². The maximum Gasteiger partial charge on any atom is 0.296 e. The molecule has 0 aliphatic heterocycles. The third kappa shape index (κ3) is 3.04. The summed E-state index contributed by atoms with van der Waals surface area (Å²) in [6, 6.07) is 11.7. The topological polar surface area (TPSA) is 72.3 Å². The van der Waals surface area contributed by atoms with Crippen molar-refractivity contribution in [2.75, 3.05) is 7.11 Å². The number of aromatic nitrogens is 3. The minimum atomic E-state index is -0.337. The maximum absolute atomic E-state index is 12.0. The van der Waals surface area contributed by atoms with Crippen LogP contribution < -0.4 is 10.3 Å². The minimum absolute atomic E-state index is 0.155. The van der Waals surface area contributed by atoms with Crippen LogP contribution in [0.5, 0.6) is 5.75 Å². The predicted molar refractivity (Wildman–Crippen MR) is 91.9 cm³/mol. The van der Waals surface area contributed by atoms with Gasteiger partial charge in [-0.1, -0.05) is 18.2 Å². The van der Waals surface area contributed by atoms with E-state index in [1.54, 1.807) is 20.2 Å². The number of aromatic amines is 1. The largest absolute Gasteiger partial charge is 0.497 e. The fraction of sp³-hybridized carbons (Fsp3) is 0.125. The van der Waals surface area contributed by atoms with Gasteiger partial charge in [0, 0.05) is 0 Å². The number of methoxy groups -OCH3 is 1. The number of aryl methyl sites for hydroxylation is 1. The lowest BCUT2D eigenvalue weighted by atomic mass is 10.1. The van der Waals surface area contributed by atoms with E-state index in [2.05, 4.69) is 15.3 Å². The second kappa shape index (κ2) is 6.13. The zero-order valence-corrected chi connectivity index (χ0v) is 13.4. The van der Waals surface area contributed by atoms with Crippen LogP contribution in [0.4, 0.5) is 0 Å². The van der Waals surface area contributed by atoms with Crippen molar-refractivity contribution in [1.82, 2.24) is 14.9 Å². The van der Waals surface area contributed by atoms with Crippen molar-refractivity contribution < 1.29 is 4.74 Å². The molecule has 1 aromatic heterocycles. The van der Waals surface area contributed by atoms with Crippen LogP contribution in [0.15, 0.2) is 46.3 Å². The SMILES string of the molecule is COc1ccc2cc(/C=N\n3c(=S)[nH]nc(C)c3=O)ccc2c1. The molecule has 2 aromatic carbocycles. The van der Waals surface area contributed by atoms with Crippen LogP contribution in [0.25, 0.3) is 10.8 Å². The smallest absolute Gasteiger partial charge is 0.296 e. The Labute approximate surface area is 137 Å². The van der Waals surface area contributed by atoms with E-state index in [9.17, 15) is 4.79 Å². The molecule has 7 heteroatoms. The number of H-pyrrole nitrogens is 1. The van der Waals surface area contributed by atoms with Crippen LogP contribution in [-0.4, -0.2) is 28.2 Å². The molecule has 0 radical (unpaired) electrons. The molecular formula is C16H14N4O2S. The van der Waals surface area contributed by atoms with E-state index in [1.807, 2.05) is 36.4 Å². The van der Waals surface area contributed by atoms with E-state index in [4.69, 9.17) is 17.0 Å². The van der Waals surface area contributed by atoms with Gasteiger partial charge in [-0.2, -0.15) is 14.9 Å². The predicted octanol–water partition coefficient (Wildman–Crippen LogP) is 2.65. The van der Waals surface area contributed by atoms with Crippen LogP contribution in [0.1, 0.15) is 11.3 Å². The first-order chi connectivity index (χ1) is 11.1. The molecular weight excluding hydrogens is 312 g/mol. The second-order valence-electron chi connectivity index (χ2n) is 4.95. The van der Waals surface area contributed by atoms with Crippen molar-refractivity contribution in [2.24, 2.45) is 5.10 Å². The van der Waals surface area contributed by atoms with Crippen molar-refractivity contribution >= 4 is 29.2 Å². The van der Waals surface area contributed by atoms with Crippen LogP contribution in [0.2, 0.25) is 0 Å². The molecule has 3 aromatic rings. The normalized spacial score (nSPS) is 11.2. The van der Waals surface area contributed by atoms with Gasteiger partial charge in [0.25, 0.3) is 5.56 Å². The van der Waals surface area contributed by atoms with E-state index in [0.29, 0.717) is 5.69 Å². The molecule has 0 atom stereocenters. The van der Waals surface area contributed by atoms with Gasteiger partial charge in [-0.3, -0.25) is 9.89 Å². The van der Waals surface area contributed by atoms with Crippen LogP contribution >= 0.6 is 12.2 Å². The summed E-state index contributed by atoms with van der Waals surface area (Å²) in [4.78, 5) is 12.0. The highest BCUT2D eigenvalue weighted by Crippen LogP contribution is 2.21. The Hall–Kier alpha value is -2.80. The van der Waals surface area contributed by atoms with Gasteiger partial charge >= 0.3 is 0 Å². The molecule has 1 N–H and O–H groups in total. The van der Waals surface area contributed by atoms with Gasteiger partial charge in [-0.25, -0.2) is 0 Å².